The molecule has 1 aromatic rings. The predicted molar refractivity (Wildman–Crippen MR) is 125 cm³/mol. The van der Waals surface area contributed by atoms with Crippen LogP contribution in [-0.2, 0) is 42.9 Å². The van der Waals surface area contributed by atoms with E-state index in [9.17, 15) is 41.9 Å². The highest BCUT2D eigenvalue weighted by atomic mass is 19.4. The maximum atomic E-state index is 13.3. The monoisotopic (exact) mass is 578 g/mol. The number of amides is 2. The molecule has 2 aliphatic heterocycles. The molecule has 0 aliphatic carbocycles. The van der Waals surface area contributed by atoms with E-state index in [-0.39, 0.29) is 24.1 Å². The highest BCUT2D eigenvalue weighted by Gasteiger charge is 2.55. The Morgan fingerprint density at radius 3 is 2.23 bits per heavy atom. The lowest BCUT2D eigenvalue weighted by Crippen LogP contribution is -2.70. The molecule has 16 nitrogen and oxygen atoms in total. The zero-order chi connectivity index (χ0) is 29.9. The van der Waals surface area contributed by atoms with Gasteiger partial charge in [-0.25, -0.2) is 0 Å². The minimum atomic E-state index is -5.40. The van der Waals surface area contributed by atoms with E-state index < -0.39 is 78.6 Å². The number of nitrogens with one attached hydrogen (secondary N) is 4. The Hall–Kier alpha value is -4.42. The van der Waals surface area contributed by atoms with Gasteiger partial charge < -0.3 is 34.5 Å². The largest absolute Gasteiger partial charge is 0.471 e. The molecule has 0 unspecified atom stereocenters. The van der Waals surface area contributed by atoms with Gasteiger partial charge in [-0.2, -0.15) is 18.2 Å². The molecular formula is C21H25F3N6O10. The summed E-state index contributed by atoms with van der Waals surface area (Å²) >= 11 is 0. The van der Waals surface area contributed by atoms with Crippen molar-refractivity contribution in [3.63, 3.8) is 0 Å². The molecule has 5 atom stereocenters. The van der Waals surface area contributed by atoms with Gasteiger partial charge in [0, 0.05) is 27.7 Å². The summed E-state index contributed by atoms with van der Waals surface area (Å²) in [5, 5.41) is 6.69. The average Bonchev–Trinajstić information content (AvgIpc) is 3.23. The molecule has 0 bridgehead atoms. The molecule has 1 saturated heterocycles. The molecule has 0 saturated carbocycles. The highest BCUT2D eigenvalue weighted by Crippen LogP contribution is 2.35. The molecule has 0 spiro atoms. The van der Waals surface area contributed by atoms with Crippen molar-refractivity contribution in [3.8, 4) is 0 Å². The number of hydrogen-bond acceptors (Lipinski definition) is 13. The second kappa shape index (κ2) is 11.8. The highest BCUT2D eigenvalue weighted by molar-refractivity contribution is 5.87. The van der Waals surface area contributed by atoms with Gasteiger partial charge in [0.05, 0.1) is 6.67 Å². The van der Waals surface area contributed by atoms with Crippen LogP contribution in [-0.4, -0.2) is 89.7 Å². The number of aromatic amines is 1. The fourth-order valence-electron chi connectivity index (χ4n) is 4.11. The quantitative estimate of drug-likeness (QED) is 0.229. The first-order valence-electron chi connectivity index (χ1n) is 11.5. The van der Waals surface area contributed by atoms with E-state index in [4.69, 9.17) is 18.9 Å². The molecule has 3 rings (SSSR count). The van der Waals surface area contributed by atoms with Gasteiger partial charge in [-0.3, -0.25) is 39.1 Å². The zero-order valence-electron chi connectivity index (χ0n) is 21.4. The van der Waals surface area contributed by atoms with Crippen LogP contribution < -0.4 is 26.4 Å². The maximum Gasteiger partial charge on any atom is 0.471 e. The third kappa shape index (κ3) is 6.96. The Labute approximate surface area is 222 Å². The lowest BCUT2D eigenvalue weighted by molar-refractivity contribution is -0.226. The number of hydrogen-bond donors (Lipinski definition) is 4. The van der Waals surface area contributed by atoms with Gasteiger partial charge >= 0.3 is 30.0 Å². The van der Waals surface area contributed by atoms with Gasteiger partial charge in [0.15, 0.2) is 24.3 Å². The zero-order valence-corrected chi connectivity index (χ0v) is 21.4. The van der Waals surface area contributed by atoms with Gasteiger partial charge in [-0.15, -0.1) is 0 Å². The minimum absolute atomic E-state index is 0.111. The van der Waals surface area contributed by atoms with E-state index in [2.05, 4.69) is 20.6 Å². The van der Waals surface area contributed by atoms with Crippen LogP contribution in [0.4, 0.5) is 30.6 Å². The fraction of sp³-hybridized carbons (Fsp3) is 0.571. The number of alkyl halides is 3. The van der Waals surface area contributed by atoms with Crippen LogP contribution in [0.25, 0.3) is 0 Å². The van der Waals surface area contributed by atoms with Crippen LogP contribution in [0, 0.1) is 0 Å². The van der Waals surface area contributed by atoms with Gasteiger partial charge in [0.1, 0.15) is 24.4 Å². The summed E-state index contributed by atoms with van der Waals surface area (Å²) < 4.78 is 61.2. The Kier molecular flexibility index (Phi) is 8.86. The number of aromatic nitrogens is 2. The van der Waals surface area contributed by atoms with Crippen LogP contribution in [0.2, 0.25) is 0 Å². The number of ether oxygens (including phenoxy) is 4. The number of H-pyrrole nitrogens is 1. The van der Waals surface area contributed by atoms with Crippen molar-refractivity contribution in [1.29, 1.82) is 0 Å². The first-order valence-corrected chi connectivity index (χ1v) is 11.5. The van der Waals surface area contributed by atoms with E-state index in [0.29, 0.717) is 0 Å². The Bertz CT molecular complexity index is 1250. The van der Waals surface area contributed by atoms with Crippen molar-refractivity contribution < 1.29 is 56.1 Å². The molecule has 19 heteroatoms. The smallest absolute Gasteiger partial charge is 0.463 e. The summed E-state index contributed by atoms with van der Waals surface area (Å²) in [6.45, 7) is 3.14. The average molecular weight is 578 g/mol. The third-order valence-corrected chi connectivity index (χ3v) is 5.48. The van der Waals surface area contributed by atoms with E-state index in [0.717, 1.165) is 32.6 Å². The fourth-order valence-corrected chi connectivity index (χ4v) is 4.11. The lowest BCUT2D eigenvalue weighted by atomic mass is 9.94. The van der Waals surface area contributed by atoms with Crippen molar-refractivity contribution in [2.45, 2.75) is 64.5 Å². The standard InChI is InChI=1S/C21H25F3N6O10/c1-7(31)26-20-28-16-13(17(35)29-20)30(6-25-16)18-12(27-19(36)21(22,23)24)15(39-10(4)34)14(38-9(3)33)11(40-18)5-37-8(2)32/h11-12,14-15,18H,5-6H2,1-4H3,(H,27,36)(H3,25,26,28,29,31,35)/t11-,12-,14-,15-,18-/m1/s1. The lowest BCUT2D eigenvalue weighted by Gasteiger charge is -2.47. The van der Waals surface area contributed by atoms with Crippen molar-refractivity contribution >= 4 is 47.2 Å². The summed E-state index contributed by atoms with van der Waals surface area (Å²) in [4.78, 5) is 79.1. The summed E-state index contributed by atoms with van der Waals surface area (Å²) in [7, 11) is 0. The topological polar surface area (TPSA) is 207 Å². The number of esters is 3. The number of halogens is 3. The number of rotatable bonds is 7. The third-order valence-electron chi connectivity index (χ3n) is 5.48. The second-order valence-corrected chi connectivity index (χ2v) is 8.61. The summed E-state index contributed by atoms with van der Waals surface area (Å²) in [6.07, 6.45) is -12.0. The molecule has 3 heterocycles. The SMILES string of the molecule is CC(=O)Nc1nc2c(c(=O)[nH]1)N([C@@H]1O[C@H](COC(C)=O)[C@@H](OC(C)=O)[C@H](OC(C)=O)[C@H]1NC(=O)C(F)(F)F)CN2. The molecular weight excluding hydrogens is 553 g/mol. The molecule has 0 radical (unpaired) electrons. The molecule has 40 heavy (non-hydrogen) atoms. The van der Waals surface area contributed by atoms with Gasteiger partial charge in [-0.1, -0.05) is 0 Å². The Morgan fingerprint density at radius 2 is 1.68 bits per heavy atom. The molecule has 1 aromatic heterocycles. The number of anilines is 3. The van der Waals surface area contributed by atoms with E-state index >= 15 is 0 Å². The van der Waals surface area contributed by atoms with Crippen LogP contribution in [0.5, 0.6) is 0 Å². The first-order chi connectivity index (χ1) is 18.6. The number of carbonyl (C=O) groups is 5. The first kappa shape index (κ1) is 30.1. The van der Waals surface area contributed by atoms with Gasteiger partial charge in [-0.05, 0) is 0 Å². The van der Waals surface area contributed by atoms with Crippen molar-refractivity contribution in [1.82, 2.24) is 15.3 Å². The normalized spacial score (nSPS) is 23.8. The molecule has 1 fully saturated rings. The summed E-state index contributed by atoms with van der Waals surface area (Å²) in [5.74, 6) is -6.15. The second-order valence-electron chi connectivity index (χ2n) is 8.61. The number of fused-ring (bicyclic) bond motifs is 1. The van der Waals surface area contributed by atoms with Crippen LogP contribution >= 0.6 is 0 Å². The van der Waals surface area contributed by atoms with E-state index in [1.807, 2.05) is 0 Å². The summed E-state index contributed by atoms with van der Waals surface area (Å²) in [5.41, 5.74) is -1.14. The van der Waals surface area contributed by atoms with Crippen molar-refractivity contribution in [3.05, 3.63) is 10.4 Å². The van der Waals surface area contributed by atoms with Crippen molar-refractivity contribution in [2.24, 2.45) is 0 Å². The summed E-state index contributed by atoms with van der Waals surface area (Å²) in [6, 6.07) is -1.90. The Balaban J connectivity index is 2.14. The number of nitrogens with zero attached hydrogens (tertiary/aromatic N) is 2. The molecule has 2 aliphatic rings. The molecule has 220 valence electrons. The molecule has 4 N–H and O–H groups in total. The predicted octanol–water partition coefficient (Wildman–Crippen LogP) is -0.884. The molecule has 0 aromatic carbocycles. The maximum absolute atomic E-state index is 13.3. The van der Waals surface area contributed by atoms with Crippen LogP contribution in [0.1, 0.15) is 27.7 Å². The van der Waals surface area contributed by atoms with Crippen molar-refractivity contribution in [2.75, 3.05) is 28.8 Å². The van der Waals surface area contributed by atoms with Gasteiger partial charge in [0.2, 0.25) is 11.9 Å². The Morgan fingerprint density at radius 1 is 1.05 bits per heavy atom. The van der Waals surface area contributed by atoms with Crippen LogP contribution in [0.15, 0.2) is 4.79 Å². The molecule has 2 amide bonds. The van der Waals surface area contributed by atoms with Gasteiger partial charge in [0.25, 0.3) is 5.56 Å². The minimum Gasteiger partial charge on any atom is -0.463 e. The number of carbonyl (C=O) groups excluding carboxylic acids is 5. The van der Waals surface area contributed by atoms with E-state index in [1.165, 1.54) is 0 Å². The van der Waals surface area contributed by atoms with Crippen LogP contribution in [0.3, 0.4) is 0 Å². The van der Waals surface area contributed by atoms with E-state index in [1.54, 1.807) is 5.32 Å².